The number of benzene rings is 1. The Bertz CT molecular complexity index is 634. The first-order valence-electron chi connectivity index (χ1n) is 7.00. The van der Waals surface area contributed by atoms with E-state index in [0.29, 0.717) is 11.7 Å². The van der Waals surface area contributed by atoms with Gasteiger partial charge in [0.25, 0.3) is 0 Å². The molecule has 0 N–H and O–H groups in total. The summed E-state index contributed by atoms with van der Waals surface area (Å²) in [7, 11) is 3.53. The van der Waals surface area contributed by atoms with Gasteiger partial charge in [0, 0.05) is 25.7 Å². The molecule has 1 aliphatic carbocycles. The maximum absolute atomic E-state index is 11.8. The van der Waals surface area contributed by atoms with Gasteiger partial charge in [0.2, 0.25) is 5.91 Å². The summed E-state index contributed by atoms with van der Waals surface area (Å²) >= 11 is 1.44. The first kappa shape index (κ1) is 14.1. The fourth-order valence-electron chi connectivity index (χ4n) is 2.06. The van der Waals surface area contributed by atoms with Crippen LogP contribution in [0.2, 0.25) is 0 Å². The summed E-state index contributed by atoms with van der Waals surface area (Å²) in [6.07, 6.45) is 2.35. The number of hydrogen-bond donors (Lipinski definition) is 0. The van der Waals surface area contributed by atoms with E-state index in [1.165, 1.54) is 24.6 Å². The van der Waals surface area contributed by atoms with Crippen LogP contribution in [0.3, 0.4) is 0 Å². The number of nitrogens with zero attached hydrogens (tertiary/aromatic N) is 4. The second kappa shape index (κ2) is 5.89. The van der Waals surface area contributed by atoms with Crippen molar-refractivity contribution in [1.29, 1.82) is 0 Å². The molecule has 2 aromatic rings. The van der Waals surface area contributed by atoms with Crippen molar-refractivity contribution in [2.75, 3.05) is 19.8 Å². The first-order chi connectivity index (χ1) is 10.2. The number of rotatable bonds is 5. The van der Waals surface area contributed by atoms with Gasteiger partial charge in [-0.15, -0.1) is 10.2 Å². The average Bonchev–Trinajstić information content (AvgIpc) is 3.25. The lowest BCUT2D eigenvalue weighted by molar-refractivity contribution is -0.125. The number of carbonyl (C=O) groups is 1. The lowest BCUT2D eigenvalue weighted by Crippen LogP contribution is -2.23. The first-order valence-corrected chi connectivity index (χ1v) is 7.99. The molecule has 0 spiro atoms. The van der Waals surface area contributed by atoms with Crippen LogP contribution in [0.4, 0.5) is 0 Å². The third kappa shape index (κ3) is 3.10. The summed E-state index contributed by atoms with van der Waals surface area (Å²) in [5.41, 5.74) is 1.06. The molecule has 1 fully saturated rings. The second-order valence-electron chi connectivity index (χ2n) is 5.36. The number of amides is 1. The topological polar surface area (TPSA) is 51.0 Å². The van der Waals surface area contributed by atoms with E-state index in [1.54, 1.807) is 19.0 Å². The Hall–Kier alpha value is -1.82. The van der Waals surface area contributed by atoms with Gasteiger partial charge in [-0.25, -0.2) is 0 Å². The Morgan fingerprint density at radius 3 is 2.62 bits per heavy atom. The molecule has 0 bridgehead atoms. The number of para-hydroxylation sites is 1. The number of thioether (sulfide) groups is 1. The van der Waals surface area contributed by atoms with Gasteiger partial charge in [-0.05, 0) is 25.0 Å². The zero-order chi connectivity index (χ0) is 14.8. The second-order valence-corrected chi connectivity index (χ2v) is 6.31. The van der Waals surface area contributed by atoms with Crippen LogP contribution in [0.1, 0.15) is 24.6 Å². The Kier molecular flexibility index (Phi) is 3.96. The van der Waals surface area contributed by atoms with Gasteiger partial charge in [-0.3, -0.25) is 9.36 Å². The molecule has 0 unspecified atom stereocenters. The third-order valence-electron chi connectivity index (χ3n) is 3.44. The third-order valence-corrected chi connectivity index (χ3v) is 4.35. The summed E-state index contributed by atoms with van der Waals surface area (Å²) in [5, 5.41) is 9.42. The average molecular weight is 302 g/mol. The van der Waals surface area contributed by atoms with Crippen LogP contribution in [0.25, 0.3) is 5.69 Å². The summed E-state index contributed by atoms with van der Waals surface area (Å²) in [6.45, 7) is 0. The SMILES string of the molecule is CN(C)C(=O)CSc1nnc(C2CC2)n1-c1ccccc1. The standard InChI is InChI=1S/C15H18N4OS/c1-18(2)13(20)10-21-15-17-16-14(11-8-9-11)19(15)12-6-4-3-5-7-12/h3-7,11H,8-10H2,1-2H3. The normalized spacial score (nSPS) is 14.2. The molecule has 1 aromatic carbocycles. The summed E-state index contributed by atoms with van der Waals surface area (Å²) < 4.78 is 2.09. The lowest BCUT2D eigenvalue weighted by atomic mass is 10.3. The monoisotopic (exact) mass is 302 g/mol. The molecule has 5 nitrogen and oxygen atoms in total. The number of carbonyl (C=O) groups excluding carboxylic acids is 1. The number of aromatic nitrogens is 3. The van der Waals surface area contributed by atoms with Crippen LogP contribution in [0.15, 0.2) is 35.5 Å². The van der Waals surface area contributed by atoms with Crippen molar-refractivity contribution in [2.24, 2.45) is 0 Å². The van der Waals surface area contributed by atoms with E-state index < -0.39 is 0 Å². The van der Waals surface area contributed by atoms with Crippen molar-refractivity contribution in [3.05, 3.63) is 36.2 Å². The molecule has 3 rings (SSSR count). The molecular weight excluding hydrogens is 284 g/mol. The van der Waals surface area contributed by atoms with Crippen LogP contribution < -0.4 is 0 Å². The van der Waals surface area contributed by atoms with E-state index in [1.807, 2.05) is 30.3 Å². The maximum Gasteiger partial charge on any atom is 0.232 e. The van der Waals surface area contributed by atoms with Crippen LogP contribution in [0.5, 0.6) is 0 Å². The molecular formula is C15H18N4OS. The van der Waals surface area contributed by atoms with E-state index in [9.17, 15) is 4.79 Å². The predicted octanol–water partition coefficient (Wildman–Crippen LogP) is 2.33. The Morgan fingerprint density at radius 2 is 2.00 bits per heavy atom. The van der Waals surface area contributed by atoms with Crippen molar-refractivity contribution < 1.29 is 4.79 Å². The van der Waals surface area contributed by atoms with Gasteiger partial charge in [0.15, 0.2) is 5.16 Å². The van der Waals surface area contributed by atoms with Crippen LogP contribution in [-0.2, 0) is 4.79 Å². The molecule has 0 saturated heterocycles. The van der Waals surface area contributed by atoms with E-state index in [2.05, 4.69) is 14.8 Å². The van der Waals surface area contributed by atoms with Crippen LogP contribution >= 0.6 is 11.8 Å². The summed E-state index contributed by atoms with van der Waals surface area (Å²) in [5.74, 6) is 1.98. The largest absolute Gasteiger partial charge is 0.348 e. The molecule has 1 amide bonds. The molecule has 6 heteroatoms. The van der Waals surface area contributed by atoms with Crippen LogP contribution in [0, 0.1) is 0 Å². The van der Waals surface area contributed by atoms with E-state index >= 15 is 0 Å². The Morgan fingerprint density at radius 1 is 1.29 bits per heavy atom. The quantitative estimate of drug-likeness (QED) is 0.795. The molecule has 0 radical (unpaired) electrons. The molecule has 1 heterocycles. The van der Waals surface area contributed by atoms with E-state index in [4.69, 9.17) is 0 Å². The van der Waals surface area contributed by atoms with E-state index in [-0.39, 0.29) is 5.91 Å². The Labute approximate surface area is 128 Å². The minimum absolute atomic E-state index is 0.0792. The zero-order valence-corrected chi connectivity index (χ0v) is 13.0. The van der Waals surface area contributed by atoms with E-state index in [0.717, 1.165) is 16.7 Å². The maximum atomic E-state index is 11.8. The molecule has 110 valence electrons. The van der Waals surface area contributed by atoms with Crippen molar-refractivity contribution >= 4 is 17.7 Å². The predicted molar refractivity (Wildman–Crippen MR) is 82.8 cm³/mol. The van der Waals surface area contributed by atoms with Gasteiger partial charge in [0.1, 0.15) is 5.82 Å². The van der Waals surface area contributed by atoms with Crippen LogP contribution in [-0.4, -0.2) is 45.4 Å². The fourth-order valence-corrected chi connectivity index (χ4v) is 2.99. The molecule has 1 aliphatic rings. The van der Waals surface area contributed by atoms with Gasteiger partial charge in [-0.1, -0.05) is 30.0 Å². The fraction of sp³-hybridized carbons (Fsp3) is 0.400. The minimum Gasteiger partial charge on any atom is -0.348 e. The highest BCUT2D eigenvalue weighted by molar-refractivity contribution is 7.99. The molecule has 1 saturated carbocycles. The van der Waals surface area contributed by atoms with Crippen molar-refractivity contribution in [1.82, 2.24) is 19.7 Å². The number of hydrogen-bond acceptors (Lipinski definition) is 4. The van der Waals surface area contributed by atoms with Crippen molar-refractivity contribution in [2.45, 2.75) is 23.9 Å². The smallest absolute Gasteiger partial charge is 0.232 e. The Balaban J connectivity index is 1.88. The van der Waals surface area contributed by atoms with Gasteiger partial charge >= 0.3 is 0 Å². The zero-order valence-electron chi connectivity index (χ0n) is 12.2. The summed E-state index contributed by atoms with van der Waals surface area (Å²) in [4.78, 5) is 13.4. The molecule has 21 heavy (non-hydrogen) atoms. The highest BCUT2D eigenvalue weighted by Gasteiger charge is 2.31. The highest BCUT2D eigenvalue weighted by Crippen LogP contribution is 2.41. The highest BCUT2D eigenvalue weighted by atomic mass is 32.2. The molecule has 0 aliphatic heterocycles. The van der Waals surface area contributed by atoms with Crippen molar-refractivity contribution in [3.63, 3.8) is 0 Å². The molecule has 1 aromatic heterocycles. The lowest BCUT2D eigenvalue weighted by Gasteiger charge is -2.11. The van der Waals surface area contributed by atoms with Gasteiger partial charge in [-0.2, -0.15) is 0 Å². The van der Waals surface area contributed by atoms with Crippen molar-refractivity contribution in [3.8, 4) is 5.69 Å². The molecule has 0 atom stereocenters. The minimum atomic E-state index is 0.0792. The van der Waals surface area contributed by atoms with Gasteiger partial charge < -0.3 is 4.90 Å². The summed E-state index contributed by atoms with van der Waals surface area (Å²) in [6, 6.07) is 10.1. The van der Waals surface area contributed by atoms with Gasteiger partial charge in [0.05, 0.1) is 5.75 Å².